The first kappa shape index (κ1) is 12.3. The standard InChI is InChI=1S/C12H20N4O/c1-13-12-11(14-4-5-15-12)10-2-6-16(7-3-10)8-9-17/h4-5,10,17H,2-3,6-9H2,1H3,(H,13,15). The minimum absolute atomic E-state index is 0.248. The normalized spacial score (nSPS) is 18.2. The second-order valence-electron chi connectivity index (χ2n) is 4.38. The third kappa shape index (κ3) is 2.92. The van der Waals surface area contributed by atoms with Gasteiger partial charge in [-0.2, -0.15) is 0 Å². The molecule has 2 N–H and O–H groups in total. The third-order valence-electron chi connectivity index (χ3n) is 3.35. The van der Waals surface area contributed by atoms with Gasteiger partial charge in [-0.3, -0.25) is 4.98 Å². The summed E-state index contributed by atoms with van der Waals surface area (Å²) in [6.07, 6.45) is 5.66. The molecule has 0 amide bonds. The van der Waals surface area contributed by atoms with Crippen LogP contribution in [0.2, 0.25) is 0 Å². The Morgan fingerprint density at radius 2 is 2.06 bits per heavy atom. The summed E-state index contributed by atoms with van der Waals surface area (Å²) in [5, 5.41) is 12.0. The molecule has 0 aliphatic carbocycles. The Morgan fingerprint density at radius 3 is 2.71 bits per heavy atom. The lowest BCUT2D eigenvalue weighted by Gasteiger charge is -2.31. The minimum atomic E-state index is 0.248. The summed E-state index contributed by atoms with van der Waals surface area (Å²) in [5.74, 6) is 1.38. The molecule has 1 aromatic heterocycles. The highest BCUT2D eigenvalue weighted by molar-refractivity contribution is 5.40. The first-order chi connectivity index (χ1) is 8.35. The Kier molecular flexibility index (Phi) is 4.28. The molecule has 1 fully saturated rings. The highest BCUT2D eigenvalue weighted by Gasteiger charge is 2.23. The number of anilines is 1. The van der Waals surface area contributed by atoms with Gasteiger partial charge in [-0.05, 0) is 25.9 Å². The molecule has 0 radical (unpaired) electrons. The highest BCUT2D eigenvalue weighted by atomic mass is 16.3. The van der Waals surface area contributed by atoms with E-state index in [1.54, 1.807) is 12.4 Å². The van der Waals surface area contributed by atoms with Gasteiger partial charge in [0.1, 0.15) is 5.82 Å². The van der Waals surface area contributed by atoms with Gasteiger partial charge >= 0.3 is 0 Å². The number of piperidine rings is 1. The number of β-amino-alcohol motifs (C(OH)–C–C–N with tert-alkyl or cyclic N) is 1. The molecule has 0 bridgehead atoms. The Balaban J connectivity index is 2.00. The van der Waals surface area contributed by atoms with E-state index in [0.29, 0.717) is 5.92 Å². The molecule has 2 rings (SSSR count). The topological polar surface area (TPSA) is 61.3 Å². The Morgan fingerprint density at radius 1 is 1.35 bits per heavy atom. The fourth-order valence-electron chi connectivity index (χ4n) is 2.41. The first-order valence-corrected chi connectivity index (χ1v) is 6.17. The average Bonchev–Trinajstić information content (AvgIpc) is 2.40. The second-order valence-corrected chi connectivity index (χ2v) is 4.38. The summed E-state index contributed by atoms with van der Waals surface area (Å²) < 4.78 is 0. The quantitative estimate of drug-likeness (QED) is 0.805. The number of aliphatic hydroxyl groups excluding tert-OH is 1. The van der Waals surface area contributed by atoms with Crippen LogP contribution in [0.3, 0.4) is 0 Å². The van der Waals surface area contributed by atoms with Gasteiger partial charge in [0.15, 0.2) is 0 Å². The first-order valence-electron chi connectivity index (χ1n) is 6.17. The van der Waals surface area contributed by atoms with Gasteiger partial charge in [0.25, 0.3) is 0 Å². The van der Waals surface area contributed by atoms with Crippen LogP contribution in [-0.2, 0) is 0 Å². The van der Waals surface area contributed by atoms with E-state index < -0.39 is 0 Å². The van der Waals surface area contributed by atoms with Crippen LogP contribution in [-0.4, -0.2) is 53.3 Å². The fourth-order valence-corrected chi connectivity index (χ4v) is 2.41. The van der Waals surface area contributed by atoms with Crippen molar-refractivity contribution in [3.05, 3.63) is 18.1 Å². The molecule has 0 spiro atoms. The maximum Gasteiger partial charge on any atom is 0.147 e. The van der Waals surface area contributed by atoms with Crippen LogP contribution < -0.4 is 5.32 Å². The minimum Gasteiger partial charge on any atom is -0.395 e. The third-order valence-corrected chi connectivity index (χ3v) is 3.35. The van der Waals surface area contributed by atoms with E-state index in [1.807, 2.05) is 7.05 Å². The van der Waals surface area contributed by atoms with Gasteiger partial charge in [-0.15, -0.1) is 0 Å². The number of nitrogens with one attached hydrogen (secondary N) is 1. The lowest BCUT2D eigenvalue weighted by Crippen LogP contribution is -2.35. The summed E-state index contributed by atoms with van der Waals surface area (Å²) >= 11 is 0. The van der Waals surface area contributed by atoms with Crippen molar-refractivity contribution in [2.45, 2.75) is 18.8 Å². The Bertz CT molecular complexity index is 350. The molecule has 17 heavy (non-hydrogen) atoms. The van der Waals surface area contributed by atoms with Crippen LogP contribution in [0, 0.1) is 0 Å². The SMILES string of the molecule is CNc1nccnc1C1CCN(CCO)CC1. The average molecular weight is 236 g/mol. The molecule has 0 saturated carbocycles. The van der Waals surface area contributed by atoms with Gasteiger partial charge < -0.3 is 15.3 Å². The molecule has 1 aliphatic rings. The van der Waals surface area contributed by atoms with E-state index in [9.17, 15) is 0 Å². The molecule has 94 valence electrons. The maximum absolute atomic E-state index is 8.91. The van der Waals surface area contributed by atoms with Crippen LogP contribution in [0.4, 0.5) is 5.82 Å². The molecule has 1 aromatic rings. The summed E-state index contributed by atoms with van der Waals surface area (Å²) in [4.78, 5) is 11.0. The van der Waals surface area contributed by atoms with Crippen molar-refractivity contribution in [3.8, 4) is 0 Å². The molecule has 2 heterocycles. The van der Waals surface area contributed by atoms with E-state index >= 15 is 0 Å². The predicted octanol–water partition coefficient (Wildman–Crippen LogP) is 0.690. The van der Waals surface area contributed by atoms with Gasteiger partial charge in [-0.1, -0.05) is 0 Å². The number of rotatable bonds is 4. The van der Waals surface area contributed by atoms with Crippen molar-refractivity contribution >= 4 is 5.82 Å². The van der Waals surface area contributed by atoms with Gasteiger partial charge in [0.2, 0.25) is 0 Å². The molecule has 1 saturated heterocycles. The lowest BCUT2D eigenvalue weighted by atomic mass is 9.93. The van der Waals surface area contributed by atoms with E-state index in [2.05, 4.69) is 20.2 Å². The van der Waals surface area contributed by atoms with Crippen LogP contribution in [0.15, 0.2) is 12.4 Å². The van der Waals surface area contributed by atoms with Crippen LogP contribution >= 0.6 is 0 Å². The number of nitrogens with zero attached hydrogens (tertiary/aromatic N) is 3. The van der Waals surface area contributed by atoms with Gasteiger partial charge in [0.05, 0.1) is 12.3 Å². The zero-order chi connectivity index (χ0) is 12.1. The molecular formula is C12H20N4O. The molecule has 5 nitrogen and oxygen atoms in total. The molecule has 5 heteroatoms. The largest absolute Gasteiger partial charge is 0.395 e. The van der Waals surface area contributed by atoms with Crippen molar-refractivity contribution in [2.75, 3.05) is 38.6 Å². The van der Waals surface area contributed by atoms with Crippen molar-refractivity contribution in [2.24, 2.45) is 0 Å². The number of aliphatic hydroxyl groups is 1. The van der Waals surface area contributed by atoms with E-state index in [-0.39, 0.29) is 6.61 Å². The van der Waals surface area contributed by atoms with Crippen LogP contribution in [0.1, 0.15) is 24.5 Å². The van der Waals surface area contributed by atoms with E-state index in [0.717, 1.165) is 44.0 Å². The molecular weight excluding hydrogens is 216 g/mol. The van der Waals surface area contributed by atoms with Crippen molar-refractivity contribution in [1.82, 2.24) is 14.9 Å². The molecule has 0 atom stereocenters. The number of likely N-dealkylation sites (tertiary alicyclic amines) is 1. The molecule has 0 unspecified atom stereocenters. The van der Waals surface area contributed by atoms with Crippen molar-refractivity contribution in [3.63, 3.8) is 0 Å². The van der Waals surface area contributed by atoms with Crippen molar-refractivity contribution < 1.29 is 5.11 Å². The number of hydrogen-bond acceptors (Lipinski definition) is 5. The zero-order valence-electron chi connectivity index (χ0n) is 10.3. The Labute approximate surface area is 102 Å². The maximum atomic E-state index is 8.91. The predicted molar refractivity (Wildman–Crippen MR) is 67.1 cm³/mol. The monoisotopic (exact) mass is 236 g/mol. The fraction of sp³-hybridized carbons (Fsp3) is 0.667. The summed E-state index contributed by atoms with van der Waals surface area (Å²) in [7, 11) is 1.88. The summed E-state index contributed by atoms with van der Waals surface area (Å²) in [6.45, 7) is 3.10. The van der Waals surface area contributed by atoms with Gasteiger partial charge in [-0.25, -0.2) is 4.98 Å². The highest BCUT2D eigenvalue weighted by Crippen LogP contribution is 2.29. The van der Waals surface area contributed by atoms with E-state index in [1.165, 1.54) is 0 Å². The Hall–Kier alpha value is -1.20. The zero-order valence-corrected chi connectivity index (χ0v) is 10.3. The summed E-state index contributed by atoms with van der Waals surface area (Å²) in [6, 6.07) is 0. The number of aromatic nitrogens is 2. The second kappa shape index (κ2) is 5.93. The molecule has 0 aromatic carbocycles. The van der Waals surface area contributed by atoms with Crippen LogP contribution in [0.25, 0.3) is 0 Å². The van der Waals surface area contributed by atoms with Crippen LogP contribution in [0.5, 0.6) is 0 Å². The summed E-state index contributed by atoms with van der Waals surface area (Å²) in [5.41, 5.74) is 1.08. The smallest absolute Gasteiger partial charge is 0.147 e. The van der Waals surface area contributed by atoms with Gasteiger partial charge in [0, 0.05) is 31.9 Å². The number of hydrogen-bond donors (Lipinski definition) is 2. The van der Waals surface area contributed by atoms with E-state index in [4.69, 9.17) is 5.11 Å². The molecule has 1 aliphatic heterocycles. The lowest BCUT2D eigenvalue weighted by molar-refractivity contribution is 0.163. The van der Waals surface area contributed by atoms with Crippen molar-refractivity contribution in [1.29, 1.82) is 0 Å².